The average Bonchev–Trinajstić information content (AvgIpc) is 2.57. The second kappa shape index (κ2) is 6.52. The summed E-state index contributed by atoms with van der Waals surface area (Å²) in [6.45, 7) is 8.90. The predicted molar refractivity (Wildman–Crippen MR) is 102 cm³/mol. The molecular formula is C23H24O. The molecule has 3 aromatic carbocycles. The molecule has 0 aliphatic rings. The van der Waals surface area contributed by atoms with Crippen LogP contribution in [0.15, 0.2) is 72.8 Å². The van der Waals surface area contributed by atoms with Crippen LogP contribution >= 0.6 is 0 Å². The molecule has 1 heteroatoms. The Hall–Kier alpha value is -2.54. The second-order valence-electron chi connectivity index (χ2n) is 7.16. The van der Waals surface area contributed by atoms with Crippen molar-refractivity contribution in [2.45, 2.75) is 33.1 Å². The van der Waals surface area contributed by atoms with Gasteiger partial charge in [-0.15, -0.1) is 0 Å². The van der Waals surface area contributed by atoms with E-state index in [1.165, 1.54) is 22.3 Å². The van der Waals surface area contributed by atoms with Crippen molar-refractivity contribution in [3.8, 4) is 22.6 Å². The fourth-order valence-electron chi connectivity index (χ4n) is 3.11. The zero-order valence-corrected chi connectivity index (χ0v) is 14.8. The Morgan fingerprint density at radius 1 is 0.708 bits per heavy atom. The third kappa shape index (κ3) is 3.35. The maximum absolute atomic E-state index is 6.25. The van der Waals surface area contributed by atoms with Crippen LogP contribution in [0.1, 0.15) is 31.9 Å². The summed E-state index contributed by atoms with van der Waals surface area (Å²) in [6, 6.07) is 24.8. The van der Waals surface area contributed by atoms with E-state index in [2.05, 4.69) is 70.2 Å². The van der Waals surface area contributed by atoms with E-state index in [1.54, 1.807) is 0 Å². The number of aryl methyl sites for hydroxylation is 1. The van der Waals surface area contributed by atoms with Crippen LogP contribution in [0.4, 0.5) is 0 Å². The largest absolute Gasteiger partial charge is 0.457 e. The second-order valence-corrected chi connectivity index (χ2v) is 7.16. The van der Waals surface area contributed by atoms with Crippen LogP contribution in [0, 0.1) is 6.92 Å². The van der Waals surface area contributed by atoms with Crippen LogP contribution in [0.5, 0.6) is 11.5 Å². The highest BCUT2D eigenvalue weighted by Crippen LogP contribution is 2.42. The summed E-state index contributed by atoms with van der Waals surface area (Å²) in [5.74, 6) is 1.80. The molecule has 0 unspecified atom stereocenters. The molecule has 0 aliphatic carbocycles. The molecule has 3 rings (SSSR count). The lowest BCUT2D eigenvalue weighted by Gasteiger charge is -2.27. The van der Waals surface area contributed by atoms with Gasteiger partial charge >= 0.3 is 0 Å². The maximum atomic E-state index is 6.25. The minimum atomic E-state index is -0.0265. The van der Waals surface area contributed by atoms with Gasteiger partial charge in [0.1, 0.15) is 11.5 Å². The highest BCUT2D eigenvalue weighted by molar-refractivity contribution is 5.75. The van der Waals surface area contributed by atoms with Gasteiger partial charge in [0.05, 0.1) is 0 Å². The molecule has 0 N–H and O–H groups in total. The third-order valence-electron chi connectivity index (χ3n) is 4.16. The van der Waals surface area contributed by atoms with Gasteiger partial charge in [-0.25, -0.2) is 0 Å². The Labute approximate surface area is 144 Å². The molecule has 0 saturated heterocycles. The van der Waals surface area contributed by atoms with Gasteiger partial charge in [0.25, 0.3) is 0 Å². The number of ether oxygens (including phenoxy) is 1. The molecule has 0 amide bonds. The molecule has 0 saturated carbocycles. The zero-order chi connectivity index (χ0) is 17.2. The highest BCUT2D eigenvalue weighted by Gasteiger charge is 2.25. The lowest BCUT2D eigenvalue weighted by molar-refractivity contribution is 0.456. The smallest absolute Gasteiger partial charge is 0.131 e. The van der Waals surface area contributed by atoms with Crippen molar-refractivity contribution >= 4 is 0 Å². The molecular weight excluding hydrogens is 292 g/mol. The van der Waals surface area contributed by atoms with E-state index in [0.29, 0.717) is 0 Å². The van der Waals surface area contributed by atoms with Gasteiger partial charge in [0.15, 0.2) is 0 Å². The minimum Gasteiger partial charge on any atom is -0.457 e. The Bertz CT molecular complexity index is 812. The predicted octanol–water partition coefficient (Wildman–Crippen LogP) is 6.75. The molecule has 0 heterocycles. The van der Waals surface area contributed by atoms with Gasteiger partial charge < -0.3 is 4.74 Å². The summed E-state index contributed by atoms with van der Waals surface area (Å²) < 4.78 is 6.25. The summed E-state index contributed by atoms with van der Waals surface area (Å²) in [5, 5.41) is 0. The van der Waals surface area contributed by atoms with Gasteiger partial charge in [-0.1, -0.05) is 75.4 Å². The quantitative estimate of drug-likeness (QED) is 0.519. The van der Waals surface area contributed by atoms with Crippen LogP contribution in [0.3, 0.4) is 0 Å². The summed E-state index contributed by atoms with van der Waals surface area (Å²) in [6.07, 6.45) is 0. The Morgan fingerprint density at radius 2 is 1.29 bits per heavy atom. The first kappa shape index (κ1) is 16.3. The first-order chi connectivity index (χ1) is 11.5. The number of para-hydroxylation sites is 1. The van der Waals surface area contributed by atoms with Crippen molar-refractivity contribution in [3.05, 3.63) is 83.9 Å². The molecule has 122 valence electrons. The fraction of sp³-hybridized carbons (Fsp3) is 0.217. The van der Waals surface area contributed by atoms with Crippen LogP contribution < -0.4 is 4.74 Å². The van der Waals surface area contributed by atoms with E-state index in [0.717, 1.165) is 11.5 Å². The highest BCUT2D eigenvalue weighted by atomic mass is 16.5. The molecule has 0 fully saturated rings. The first-order valence-corrected chi connectivity index (χ1v) is 8.39. The van der Waals surface area contributed by atoms with E-state index in [4.69, 9.17) is 4.74 Å². The molecule has 0 bridgehead atoms. The molecule has 3 aromatic rings. The molecule has 0 atom stereocenters. The summed E-state index contributed by atoms with van der Waals surface area (Å²) in [5.41, 5.74) is 5.00. The molecule has 0 spiro atoms. The minimum absolute atomic E-state index is 0.0265. The van der Waals surface area contributed by atoms with E-state index in [1.807, 2.05) is 30.3 Å². The molecule has 0 aliphatic heterocycles. The third-order valence-corrected chi connectivity index (χ3v) is 4.16. The van der Waals surface area contributed by atoms with Gasteiger partial charge in [0, 0.05) is 5.56 Å². The lowest BCUT2D eigenvalue weighted by Crippen LogP contribution is -2.15. The van der Waals surface area contributed by atoms with Gasteiger partial charge in [-0.3, -0.25) is 0 Å². The van der Waals surface area contributed by atoms with Crippen LogP contribution in [0.2, 0.25) is 0 Å². The number of rotatable bonds is 3. The van der Waals surface area contributed by atoms with Crippen molar-refractivity contribution in [1.29, 1.82) is 0 Å². The molecule has 0 radical (unpaired) electrons. The number of benzene rings is 3. The topological polar surface area (TPSA) is 9.23 Å². The monoisotopic (exact) mass is 316 g/mol. The first-order valence-electron chi connectivity index (χ1n) is 8.39. The Kier molecular flexibility index (Phi) is 4.44. The van der Waals surface area contributed by atoms with Crippen LogP contribution in [-0.4, -0.2) is 0 Å². The number of hydrogen-bond donors (Lipinski definition) is 0. The standard InChI is InChI=1S/C23H24O/c1-17-15-16-20(24-19-13-9-6-10-14-19)22(23(2,3)4)21(17)18-11-7-5-8-12-18/h5-16H,1-4H3. The molecule has 0 aromatic heterocycles. The van der Waals surface area contributed by atoms with Crippen molar-refractivity contribution < 1.29 is 4.74 Å². The number of hydrogen-bond acceptors (Lipinski definition) is 1. The summed E-state index contributed by atoms with van der Waals surface area (Å²) in [4.78, 5) is 0. The molecule has 1 nitrogen and oxygen atoms in total. The van der Waals surface area contributed by atoms with Crippen molar-refractivity contribution in [2.24, 2.45) is 0 Å². The SMILES string of the molecule is Cc1ccc(Oc2ccccc2)c(C(C)(C)C)c1-c1ccccc1. The fourth-order valence-corrected chi connectivity index (χ4v) is 3.11. The normalized spacial score (nSPS) is 11.3. The summed E-state index contributed by atoms with van der Waals surface area (Å²) >= 11 is 0. The van der Waals surface area contributed by atoms with E-state index in [-0.39, 0.29) is 5.41 Å². The van der Waals surface area contributed by atoms with Crippen molar-refractivity contribution in [1.82, 2.24) is 0 Å². The van der Waals surface area contributed by atoms with Crippen molar-refractivity contribution in [3.63, 3.8) is 0 Å². The summed E-state index contributed by atoms with van der Waals surface area (Å²) in [7, 11) is 0. The van der Waals surface area contributed by atoms with Gasteiger partial charge in [-0.05, 0) is 47.2 Å². The molecule has 24 heavy (non-hydrogen) atoms. The van der Waals surface area contributed by atoms with Gasteiger partial charge in [-0.2, -0.15) is 0 Å². The van der Waals surface area contributed by atoms with Gasteiger partial charge in [0.2, 0.25) is 0 Å². The zero-order valence-electron chi connectivity index (χ0n) is 14.8. The van der Waals surface area contributed by atoms with Crippen molar-refractivity contribution in [2.75, 3.05) is 0 Å². The maximum Gasteiger partial charge on any atom is 0.131 e. The lowest BCUT2D eigenvalue weighted by atomic mass is 9.79. The Balaban J connectivity index is 2.20. The van der Waals surface area contributed by atoms with Crippen LogP contribution in [0.25, 0.3) is 11.1 Å². The van der Waals surface area contributed by atoms with Crippen LogP contribution in [-0.2, 0) is 5.41 Å². The van der Waals surface area contributed by atoms with E-state index in [9.17, 15) is 0 Å². The van der Waals surface area contributed by atoms with E-state index < -0.39 is 0 Å². The Morgan fingerprint density at radius 3 is 1.88 bits per heavy atom. The van der Waals surface area contributed by atoms with E-state index >= 15 is 0 Å². The average molecular weight is 316 g/mol.